The van der Waals surface area contributed by atoms with Crippen LogP contribution in [-0.2, 0) is 5.54 Å². The van der Waals surface area contributed by atoms with Gasteiger partial charge >= 0.3 is 0 Å². The van der Waals surface area contributed by atoms with Gasteiger partial charge in [0.2, 0.25) is 0 Å². The van der Waals surface area contributed by atoms with Crippen LogP contribution in [0.1, 0.15) is 52.0 Å². The third kappa shape index (κ3) is 6.41. The monoisotopic (exact) mass is 309 g/mol. The average molecular weight is 310 g/mol. The highest BCUT2D eigenvalue weighted by Crippen LogP contribution is 2.27. The number of aliphatic hydroxyl groups excluding tert-OH is 1. The minimum atomic E-state index is -0.312. The molecule has 2 nitrogen and oxygen atoms in total. The molecule has 0 aliphatic carbocycles. The van der Waals surface area contributed by atoms with Crippen molar-refractivity contribution in [1.29, 1.82) is 0 Å². The highest BCUT2D eigenvalue weighted by molar-refractivity contribution is 7.99. The van der Waals surface area contributed by atoms with E-state index >= 15 is 0 Å². The normalized spacial score (nSPS) is 14.3. The van der Waals surface area contributed by atoms with Gasteiger partial charge in [0.25, 0.3) is 0 Å². The van der Waals surface area contributed by atoms with Crippen LogP contribution >= 0.6 is 11.8 Å². The highest BCUT2D eigenvalue weighted by atomic mass is 32.2. The second kappa shape index (κ2) is 10.3. The maximum atomic E-state index is 10.0. The molecule has 1 aromatic rings. The Balaban J connectivity index is 2.64. The number of rotatable bonds is 11. The van der Waals surface area contributed by atoms with Crippen molar-refractivity contribution in [3.05, 3.63) is 35.9 Å². The topological polar surface area (TPSA) is 32.3 Å². The third-order valence-electron chi connectivity index (χ3n) is 3.73. The molecule has 0 bridgehead atoms. The minimum absolute atomic E-state index is 0.144. The molecule has 21 heavy (non-hydrogen) atoms. The SMILES string of the molecule is CCCCCSCCC(CO)(NC(C)C)c1ccccc1. The van der Waals surface area contributed by atoms with E-state index in [0.29, 0.717) is 6.04 Å². The summed E-state index contributed by atoms with van der Waals surface area (Å²) in [7, 11) is 0. The zero-order valence-corrected chi connectivity index (χ0v) is 14.6. The maximum Gasteiger partial charge on any atom is 0.0678 e. The van der Waals surface area contributed by atoms with Crippen LogP contribution in [0.15, 0.2) is 30.3 Å². The molecular weight excluding hydrogens is 278 g/mol. The molecule has 1 rings (SSSR count). The standard InChI is InChI=1S/C18H31NOS/c1-4-5-9-13-21-14-12-18(15-20,19-16(2)3)17-10-7-6-8-11-17/h6-8,10-11,16,19-20H,4-5,9,12-15H2,1-3H3. The van der Waals surface area contributed by atoms with Crippen LogP contribution in [0.2, 0.25) is 0 Å². The lowest BCUT2D eigenvalue weighted by atomic mass is 9.87. The lowest BCUT2D eigenvalue weighted by molar-refractivity contribution is 0.147. The van der Waals surface area contributed by atoms with Crippen LogP contribution in [0.25, 0.3) is 0 Å². The largest absolute Gasteiger partial charge is 0.394 e. The number of thioether (sulfide) groups is 1. The Labute approximate surface area is 134 Å². The van der Waals surface area contributed by atoms with Crippen LogP contribution in [0.5, 0.6) is 0 Å². The molecule has 0 saturated heterocycles. The first kappa shape index (κ1) is 18.5. The quantitative estimate of drug-likeness (QED) is 0.601. The molecule has 1 atom stereocenters. The van der Waals surface area contributed by atoms with Crippen molar-refractivity contribution in [2.24, 2.45) is 0 Å². The molecule has 0 amide bonds. The predicted octanol–water partition coefficient (Wildman–Crippen LogP) is 4.19. The smallest absolute Gasteiger partial charge is 0.0678 e. The maximum absolute atomic E-state index is 10.0. The molecule has 120 valence electrons. The number of unbranched alkanes of at least 4 members (excludes halogenated alkanes) is 2. The van der Waals surface area contributed by atoms with Gasteiger partial charge in [0, 0.05) is 6.04 Å². The molecule has 0 radical (unpaired) electrons. The molecule has 0 saturated carbocycles. The Kier molecular flexibility index (Phi) is 9.05. The van der Waals surface area contributed by atoms with Crippen molar-refractivity contribution in [3.63, 3.8) is 0 Å². The summed E-state index contributed by atoms with van der Waals surface area (Å²) in [4.78, 5) is 0. The molecular formula is C18H31NOS. The van der Waals surface area contributed by atoms with Crippen LogP contribution in [0, 0.1) is 0 Å². The number of hydrogen-bond donors (Lipinski definition) is 2. The zero-order valence-electron chi connectivity index (χ0n) is 13.8. The van der Waals surface area contributed by atoms with Gasteiger partial charge in [-0.2, -0.15) is 11.8 Å². The van der Waals surface area contributed by atoms with Crippen molar-refractivity contribution in [2.45, 2.75) is 58.0 Å². The number of hydrogen-bond acceptors (Lipinski definition) is 3. The highest BCUT2D eigenvalue weighted by Gasteiger charge is 2.31. The zero-order chi connectivity index (χ0) is 15.6. The fourth-order valence-corrected chi connectivity index (χ4v) is 3.73. The fraction of sp³-hybridized carbons (Fsp3) is 0.667. The first-order valence-corrected chi connectivity index (χ1v) is 9.32. The van der Waals surface area contributed by atoms with Gasteiger partial charge < -0.3 is 10.4 Å². The minimum Gasteiger partial charge on any atom is -0.394 e. The van der Waals surface area contributed by atoms with Crippen LogP contribution < -0.4 is 5.32 Å². The van der Waals surface area contributed by atoms with Gasteiger partial charge in [0.15, 0.2) is 0 Å². The molecule has 0 aromatic heterocycles. The summed E-state index contributed by atoms with van der Waals surface area (Å²) in [6.45, 7) is 6.66. The van der Waals surface area contributed by atoms with Crippen molar-refractivity contribution < 1.29 is 5.11 Å². The van der Waals surface area contributed by atoms with Gasteiger partial charge in [0.1, 0.15) is 0 Å². The van der Waals surface area contributed by atoms with Gasteiger partial charge in [-0.15, -0.1) is 0 Å². The van der Waals surface area contributed by atoms with Crippen LogP contribution in [0.3, 0.4) is 0 Å². The molecule has 1 unspecified atom stereocenters. The first-order chi connectivity index (χ1) is 10.1. The fourth-order valence-electron chi connectivity index (χ4n) is 2.63. The van der Waals surface area contributed by atoms with E-state index in [-0.39, 0.29) is 12.1 Å². The lowest BCUT2D eigenvalue weighted by Gasteiger charge is -2.36. The summed E-state index contributed by atoms with van der Waals surface area (Å²) in [6.07, 6.45) is 4.86. The van der Waals surface area contributed by atoms with Crippen LogP contribution in [0.4, 0.5) is 0 Å². The van der Waals surface area contributed by atoms with E-state index in [1.54, 1.807) is 0 Å². The van der Waals surface area contributed by atoms with E-state index in [1.165, 1.54) is 30.6 Å². The summed E-state index contributed by atoms with van der Waals surface area (Å²) >= 11 is 2.01. The molecule has 0 spiro atoms. The Bertz CT molecular complexity index is 369. The van der Waals surface area contributed by atoms with E-state index in [9.17, 15) is 5.11 Å². The third-order valence-corrected chi connectivity index (χ3v) is 4.80. The first-order valence-electron chi connectivity index (χ1n) is 8.16. The molecule has 2 N–H and O–H groups in total. The Morgan fingerprint density at radius 1 is 1.14 bits per heavy atom. The summed E-state index contributed by atoms with van der Waals surface area (Å²) in [5.41, 5.74) is 0.878. The van der Waals surface area contributed by atoms with E-state index in [2.05, 4.69) is 50.4 Å². The molecule has 0 aliphatic heterocycles. The van der Waals surface area contributed by atoms with Gasteiger partial charge in [-0.1, -0.05) is 50.1 Å². The lowest BCUT2D eigenvalue weighted by Crippen LogP contribution is -2.49. The van der Waals surface area contributed by atoms with E-state index in [0.717, 1.165) is 12.2 Å². The summed E-state index contributed by atoms with van der Waals surface area (Å²) in [6, 6.07) is 10.7. The number of nitrogens with one attached hydrogen (secondary N) is 1. The van der Waals surface area contributed by atoms with Crippen molar-refractivity contribution in [2.75, 3.05) is 18.1 Å². The van der Waals surface area contributed by atoms with Gasteiger partial charge in [-0.3, -0.25) is 0 Å². The molecule has 0 aliphatic rings. The van der Waals surface area contributed by atoms with E-state index in [1.807, 2.05) is 17.8 Å². The second-order valence-electron chi connectivity index (χ2n) is 5.97. The van der Waals surface area contributed by atoms with E-state index in [4.69, 9.17) is 0 Å². The molecule has 0 heterocycles. The molecule has 3 heteroatoms. The Morgan fingerprint density at radius 3 is 2.43 bits per heavy atom. The van der Waals surface area contributed by atoms with Gasteiger partial charge in [-0.05, 0) is 43.8 Å². The molecule has 1 aromatic carbocycles. The van der Waals surface area contributed by atoms with Gasteiger partial charge in [-0.25, -0.2) is 0 Å². The second-order valence-corrected chi connectivity index (χ2v) is 7.20. The van der Waals surface area contributed by atoms with Crippen LogP contribution in [-0.4, -0.2) is 29.3 Å². The van der Waals surface area contributed by atoms with Gasteiger partial charge in [0.05, 0.1) is 12.1 Å². The number of benzene rings is 1. The Morgan fingerprint density at radius 2 is 1.86 bits per heavy atom. The summed E-state index contributed by atoms with van der Waals surface area (Å²) < 4.78 is 0. The summed E-state index contributed by atoms with van der Waals surface area (Å²) in [5, 5.41) is 13.6. The predicted molar refractivity (Wildman–Crippen MR) is 94.9 cm³/mol. The molecule has 0 fully saturated rings. The average Bonchev–Trinajstić information content (AvgIpc) is 2.50. The van der Waals surface area contributed by atoms with E-state index < -0.39 is 0 Å². The number of aliphatic hydroxyl groups is 1. The Hall–Kier alpha value is -0.510. The van der Waals surface area contributed by atoms with Crippen molar-refractivity contribution in [3.8, 4) is 0 Å². The van der Waals surface area contributed by atoms with Crippen molar-refractivity contribution in [1.82, 2.24) is 5.32 Å². The summed E-state index contributed by atoms with van der Waals surface area (Å²) in [5.74, 6) is 2.31. The van der Waals surface area contributed by atoms with Crippen molar-refractivity contribution >= 4 is 11.8 Å².